The molecule has 0 radical (unpaired) electrons. The van der Waals surface area contributed by atoms with E-state index in [1.165, 1.54) is 6.92 Å². The third-order valence-corrected chi connectivity index (χ3v) is 2.36. The largest absolute Gasteiger partial charge is 0.481 e. The van der Waals surface area contributed by atoms with E-state index in [1.54, 1.807) is 0 Å². The Labute approximate surface area is 113 Å². The van der Waals surface area contributed by atoms with E-state index in [2.05, 4.69) is 5.32 Å². The lowest BCUT2D eigenvalue weighted by Crippen LogP contribution is -2.43. The van der Waals surface area contributed by atoms with Crippen LogP contribution in [-0.4, -0.2) is 34.4 Å². The molecule has 0 fully saturated rings. The van der Waals surface area contributed by atoms with Crippen molar-refractivity contribution in [1.82, 2.24) is 5.32 Å². The quantitative estimate of drug-likeness (QED) is 0.656. The Kier molecular flexibility index (Phi) is 4.98. The van der Waals surface area contributed by atoms with Gasteiger partial charge >= 0.3 is 12.0 Å². The summed E-state index contributed by atoms with van der Waals surface area (Å²) in [5.74, 6) is -3.13. The second-order valence-electron chi connectivity index (χ2n) is 4.47. The first-order valence-electron chi connectivity index (χ1n) is 5.64. The first-order valence-corrected chi connectivity index (χ1v) is 5.64. The molecule has 4 N–H and O–H groups in total. The Morgan fingerprint density at radius 1 is 1.30 bits per heavy atom. The number of aliphatic carboxylic acids is 1. The van der Waals surface area contributed by atoms with E-state index < -0.39 is 41.3 Å². The van der Waals surface area contributed by atoms with E-state index >= 15 is 0 Å². The van der Waals surface area contributed by atoms with E-state index in [4.69, 9.17) is 5.11 Å². The summed E-state index contributed by atoms with van der Waals surface area (Å²) in [7, 11) is 0. The van der Waals surface area contributed by atoms with Gasteiger partial charge in [0.05, 0.1) is 12.0 Å². The zero-order valence-electron chi connectivity index (χ0n) is 10.6. The summed E-state index contributed by atoms with van der Waals surface area (Å²) in [6.45, 7) is 0.826. The highest BCUT2D eigenvalue weighted by Crippen LogP contribution is 2.17. The molecular formula is C12H14F2N2O4. The number of carbonyl (C=O) groups excluding carboxylic acids is 1. The third kappa shape index (κ3) is 4.81. The number of carbonyl (C=O) groups is 2. The maximum absolute atomic E-state index is 13.2. The van der Waals surface area contributed by atoms with Crippen LogP contribution in [0.5, 0.6) is 0 Å². The van der Waals surface area contributed by atoms with Gasteiger partial charge in [-0.1, -0.05) is 6.07 Å². The number of amides is 2. The van der Waals surface area contributed by atoms with Crippen LogP contribution in [0.25, 0.3) is 0 Å². The minimum Gasteiger partial charge on any atom is -0.481 e. The molecule has 0 saturated carbocycles. The Hall–Kier alpha value is -2.22. The lowest BCUT2D eigenvalue weighted by atomic mass is 10.0. The van der Waals surface area contributed by atoms with Gasteiger partial charge in [-0.15, -0.1) is 0 Å². The predicted octanol–water partition coefficient (Wildman–Crippen LogP) is 1.31. The number of urea groups is 1. The van der Waals surface area contributed by atoms with Gasteiger partial charge in [0.25, 0.3) is 0 Å². The van der Waals surface area contributed by atoms with Crippen molar-refractivity contribution in [3.63, 3.8) is 0 Å². The van der Waals surface area contributed by atoms with Gasteiger partial charge in [-0.2, -0.15) is 0 Å². The summed E-state index contributed by atoms with van der Waals surface area (Å²) < 4.78 is 26.5. The highest BCUT2D eigenvalue weighted by Gasteiger charge is 2.25. The zero-order valence-corrected chi connectivity index (χ0v) is 10.6. The van der Waals surface area contributed by atoms with Crippen LogP contribution in [0.3, 0.4) is 0 Å². The molecule has 0 bridgehead atoms. The van der Waals surface area contributed by atoms with Crippen molar-refractivity contribution in [3.05, 3.63) is 29.8 Å². The Morgan fingerprint density at radius 2 is 1.85 bits per heavy atom. The average Bonchev–Trinajstić information content (AvgIpc) is 2.30. The lowest BCUT2D eigenvalue weighted by Gasteiger charge is -2.21. The first-order chi connectivity index (χ1) is 9.21. The second-order valence-corrected chi connectivity index (χ2v) is 4.47. The van der Waals surface area contributed by atoms with Gasteiger partial charge in [0, 0.05) is 6.54 Å². The van der Waals surface area contributed by atoms with E-state index in [0.29, 0.717) is 0 Å². The number of aliphatic hydroxyl groups is 1. The van der Waals surface area contributed by atoms with Crippen LogP contribution in [0.1, 0.15) is 13.3 Å². The summed E-state index contributed by atoms with van der Waals surface area (Å²) in [5.41, 5.74) is -2.29. The SMILES string of the molecule is CC(O)(CNC(=O)Nc1c(F)cccc1F)CC(=O)O. The molecule has 0 aliphatic carbocycles. The van der Waals surface area contributed by atoms with Crippen LogP contribution in [0.4, 0.5) is 19.3 Å². The summed E-state index contributed by atoms with van der Waals surface area (Å²) in [5, 5.41) is 22.3. The molecule has 8 heteroatoms. The number of carboxylic acids is 1. The monoisotopic (exact) mass is 288 g/mol. The molecular weight excluding hydrogens is 274 g/mol. The molecule has 1 aromatic carbocycles. The van der Waals surface area contributed by atoms with Crippen LogP contribution in [0, 0.1) is 11.6 Å². The molecule has 0 aliphatic rings. The lowest BCUT2D eigenvalue weighted by molar-refractivity contribution is -0.141. The van der Waals surface area contributed by atoms with Gasteiger partial charge < -0.3 is 20.8 Å². The van der Waals surface area contributed by atoms with Crippen LogP contribution in [0.2, 0.25) is 0 Å². The molecule has 1 atom stereocenters. The second kappa shape index (κ2) is 6.29. The van der Waals surface area contributed by atoms with E-state index in [1.807, 2.05) is 5.32 Å². The molecule has 0 heterocycles. The van der Waals surface area contributed by atoms with Crippen LogP contribution >= 0.6 is 0 Å². The first kappa shape index (κ1) is 15.8. The Balaban J connectivity index is 2.59. The predicted molar refractivity (Wildman–Crippen MR) is 66.3 cm³/mol. The van der Waals surface area contributed by atoms with Crippen LogP contribution < -0.4 is 10.6 Å². The Morgan fingerprint density at radius 3 is 2.35 bits per heavy atom. The number of nitrogens with one attached hydrogen (secondary N) is 2. The summed E-state index contributed by atoms with van der Waals surface area (Å²) in [6.07, 6.45) is -0.582. The molecule has 6 nitrogen and oxygen atoms in total. The third-order valence-electron chi connectivity index (χ3n) is 2.36. The number of hydrogen-bond acceptors (Lipinski definition) is 3. The molecule has 0 aromatic heterocycles. The fourth-order valence-electron chi connectivity index (χ4n) is 1.43. The topological polar surface area (TPSA) is 98.7 Å². The molecule has 0 spiro atoms. The number of hydrogen-bond donors (Lipinski definition) is 4. The molecule has 2 amide bonds. The normalized spacial score (nSPS) is 13.4. The number of anilines is 1. The average molecular weight is 288 g/mol. The summed E-state index contributed by atoms with van der Waals surface area (Å²) in [4.78, 5) is 21.9. The van der Waals surface area contributed by atoms with Crippen molar-refractivity contribution in [1.29, 1.82) is 0 Å². The summed E-state index contributed by atoms with van der Waals surface area (Å²) in [6, 6.07) is 2.13. The van der Waals surface area contributed by atoms with Crippen molar-refractivity contribution in [2.45, 2.75) is 18.9 Å². The van der Waals surface area contributed by atoms with Gasteiger partial charge in [-0.3, -0.25) is 4.79 Å². The smallest absolute Gasteiger partial charge is 0.319 e. The number of rotatable bonds is 5. The standard InChI is InChI=1S/C12H14F2N2O4/c1-12(20,5-9(17)18)6-15-11(19)16-10-7(13)3-2-4-8(10)14/h2-4,20H,5-6H2,1H3,(H,17,18)(H2,15,16,19). The molecule has 110 valence electrons. The highest BCUT2D eigenvalue weighted by atomic mass is 19.1. The fraction of sp³-hybridized carbons (Fsp3) is 0.333. The van der Waals surface area contributed by atoms with Gasteiger partial charge in [0.2, 0.25) is 0 Å². The van der Waals surface area contributed by atoms with Crippen LogP contribution in [0.15, 0.2) is 18.2 Å². The number of para-hydroxylation sites is 1. The van der Waals surface area contributed by atoms with Crippen molar-refractivity contribution in [2.24, 2.45) is 0 Å². The minimum absolute atomic E-state index is 0.388. The van der Waals surface area contributed by atoms with E-state index in [9.17, 15) is 23.5 Å². The number of benzene rings is 1. The van der Waals surface area contributed by atoms with E-state index in [0.717, 1.165) is 18.2 Å². The number of carboxylic acid groups (broad SMARTS) is 1. The zero-order chi connectivity index (χ0) is 15.3. The van der Waals surface area contributed by atoms with Gasteiger partial charge in [0.1, 0.15) is 17.3 Å². The van der Waals surface area contributed by atoms with Gasteiger partial charge in [0.15, 0.2) is 0 Å². The molecule has 1 rings (SSSR count). The van der Waals surface area contributed by atoms with E-state index in [-0.39, 0.29) is 6.54 Å². The van der Waals surface area contributed by atoms with Crippen LogP contribution in [-0.2, 0) is 4.79 Å². The van der Waals surface area contributed by atoms with Gasteiger partial charge in [-0.25, -0.2) is 13.6 Å². The summed E-state index contributed by atoms with van der Waals surface area (Å²) >= 11 is 0. The maximum atomic E-state index is 13.2. The molecule has 1 unspecified atom stereocenters. The minimum atomic E-state index is -1.67. The van der Waals surface area contributed by atoms with Crippen molar-refractivity contribution in [3.8, 4) is 0 Å². The number of halogens is 2. The maximum Gasteiger partial charge on any atom is 0.319 e. The van der Waals surface area contributed by atoms with Crippen molar-refractivity contribution in [2.75, 3.05) is 11.9 Å². The Bertz CT molecular complexity index is 500. The molecule has 1 aromatic rings. The molecule has 0 saturated heterocycles. The van der Waals surface area contributed by atoms with Crippen molar-refractivity contribution >= 4 is 17.7 Å². The van der Waals surface area contributed by atoms with Crippen molar-refractivity contribution < 1.29 is 28.6 Å². The molecule has 0 aliphatic heterocycles. The molecule has 20 heavy (non-hydrogen) atoms. The van der Waals surface area contributed by atoms with Gasteiger partial charge in [-0.05, 0) is 19.1 Å². The highest BCUT2D eigenvalue weighted by molar-refractivity contribution is 5.89. The fourth-order valence-corrected chi connectivity index (χ4v) is 1.43.